The Bertz CT molecular complexity index is 836. The van der Waals surface area contributed by atoms with E-state index in [9.17, 15) is 19.8 Å². The number of carbonyl (C=O) groups is 2. The number of hydrogen-bond donors (Lipinski definition) is 4. The van der Waals surface area contributed by atoms with E-state index in [1.54, 1.807) is 60.7 Å². The van der Waals surface area contributed by atoms with Gasteiger partial charge in [-0.15, -0.1) is 0 Å². The van der Waals surface area contributed by atoms with Crippen LogP contribution in [0, 0.1) is 0 Å². The fourth-order valence-corrected chi connectivity index (χ4v) is 2.11. The van der Waals surface area contributed by atoms with Crippen molar-refractivity contribution in [1.82, 2.24) is 10.9 Å². The van der Waals surface area contributed by atoms with Gasteiger partial charge in [-0.25, -0.2) is 10.9 Å². The molecule has 0 spiro atoms. The van der Waals surface area contributed by atoms with Crippen molar-refractivity contribution in [1.29, 1.82) is 0 Å². The van der Waals surface area contributed by atoms with E-state index in [-0.39, 0.29) is 12.1 Å². The Morgan fingerprint density at radius 2 is 1.43 bits per heavy atom. The van der Waals surface area contributed by atoms with Gasteiger partial charge in [0.1, 0.15) is 0 Å². The number of nitrogens with one attached hydrogen (secondary N) is 2. The normalized spacial score (nSPS) is 13.8. The van der Waals surface area contributed by atoms with Gasteiger partial charge in [-0.1, -0.05) is 36.4 Å². The third-order valence-electron chi connectivity index (χ3n) is 3.73. The van der Waals surface area contributed by atoms with Crippen LogP contribution in [-0.4, -0.2) is 46.2 Å². The Morgan fingerprint density at radius 1 is 0.929 bits per heavy atom. The first-order valence-electron chi connectivity index (χ1n) is 8.64. The van der Waals surface area contributed by atoms with Crippen molar-refractivity contribution in [2.75, 3.05) is 0 Å². The van der Waals surface area contributed by atoms with Gasteiger partial charge in [0, 0.05) is 17.5 Å². The van der Waals surface area contributed by atoms with Gasteiger partial charge in [0.25, 0.3) is 11.8 Å². The van der Waals surface area contributed by atoms with Crippen LogP contribution < -0.4 is 10.9 Å². The minimum Gasteiger partial charge on any atom is -0.391 e. The molecule has 0 aromatic heterocycles. The van der Waals surface area contributed by atoms with E-state index in [0.29, 0.717) is 11.1 Å². The second-order valence-corrected chi connectivity index (χ2v) is 5.99. The molecular weight excluding hydrogens is 360 g/mol. The molecule has 0 radical (unpaired) electrons. The summed E-state index contributed by atoms with van der Waals surface area (Å²) in [5, 5.41) is 27.1. The fourth-order valence-electron chi connectivity index (χ4n) is 2.11. The molecule has 0 heterocycles. The van der Waals surface area contributed by atoms with Crippen molar-refractivity contribution >= 4 is 23.7 Å². The van der Waals surface area contributed by atoms with Crippen LogP contribution in [0.25, 0.3) is 0 Å². The predicted octanol–water partition coefficient (Wildman–Crippen LogP) is 1.32. The summed E-state index contributed by atoms with van der Waals surface area (Å²) in [7, 11) is 0. The van der Waals surface area contributed by atoms with E-state index in [1.807, 2.05) is 0 Å². The number of amides is 2. The van der Waals surface area contributed by atoms with Crippen molar-refractivity contribution in [2.45, 2.75) is 25.6 Å². The molecule has 0 aliphatic carbocycles. The molecule has 2 rings (SSSR count). The molecule has 0 saturated heterocycles. The summed E-state index contributed by atoms with van der Waals surface area (Å²) in [5.74, 6) is -0.855. The molecule has 28 heavy (non-hydrogen) atoms. The lowest BCUT2D eigenvalue weighted by Crippen LogP contribution is -2.29. The Morgan fingerprint density at radius 3 is 1.93 bits per heavy atom. The number of carbonyl (C=O) groups excluding carboxylic acids is 2. The van der Waals surface area contributed by atoms with Crippen LogP contribution in [0.3, 0.4) is 0 Å². The summed E-state index contributed by atoms with van der Waals surface area (Å²) in [6, 6.07) is 17.0. The lowest BCUT2D eigenvalue weighted by molar-refractivity contribution is 0.0366. The largest absolute Gasteiger partial charge is 0.391 e. The fraction of sp³-hybridized carbons (Fsp3) is 0.200. The van der Waals surface area contributed by atoms with Gasteiger partial charge in [-0.3, -0.25) is 9.59 Å². The average Bonchev–Trinajstić information content (AvgIpc) is 2.72. The van der Waals surface area contributed by atoms with Gasteiger partial charge < -0.3 is 10.2 Å². The van der Waals surface area contributed by atoms with Crippen molar-refractivity contribution in [3.8, 4) is 0 Å². The number of aliphatic hydroxyl groups excluding tert-OH is 2. The number of hydrogen-bond acceptors (Lipinski definition) is 6. The quantitative estimate of drug-likeness (QED) is 0.406. The van der Waals surface area contributed by atoms with Gasteiger partial charge in [-0.05, 0) is 31.2 Å². The molecule has 2 amide bonds. The van der Waals surface area contributed by atoms with Gasteiger partial charge in [-0.2, -0.15) is 10.2 Å². The standard InChI is InChI=1S/C20H22N4O4/c1-14(25)18(26)12-17(22-24-20(28)16-10-6-3-7-11-16)13-21-23-19(27)15-8-4-2-5-9-15/h2-11,13-14,18,25-26H,12H2,1H3,(H,23,27)(H,24,28)/b21-13-,22-17+/t14-,18+/m0/s1. The zero-order valence-corrected chi connectivity index (χ0v) is 15.3. The van der Waals surface area contributed by atoms with E-state index in [1.165, 1.54) is 13.1 Å². The number of hydrazone groups is 2. The topological polar surface area (TPSA) is 123 Å². The van der Waals surface area contributed by atoms with Crippen molar-refractivity contribution in [2.24, 2.45) is 10.2 Å². The summed E-state index contributed by atoms with van der Waals surface area (Å²) >= 11 is 0. The second kappa shape index (κ2) is 10.7. The summed E-state index contributed by atoms with van der Waals surface area (Å²) in [6.45, 7) is 1.43. The highest BCUT2D eigenvalue weighted by Gasteiger charge is 2.14. The number of rotatable bonds is 8. The molecule has 0 saturated carbocycles. The minimum atomic E-state index is -1.11. The molecule has 0 unspecified atom stereocenters. The van der Waals surface area contributed by atoms with Crippen LogP contribution in [0.15, 0.2) is 70.9 Å². The lowest BCUT2D eigenvalue weighted by atomic mass is 10.1. The second-order valence-electron chi connectivity index (χ2n) is 5.99. The van der Waals surface area contributed by atoms with Gasteiger partial charge in [0.15, 0.2) is 0 Å². The molecule has 0 aliphatic rings. The highest BCUT2D eigenvalue weighted by Crippen LogP contribution is 2.02. The van der Waals surface area contributed by atoms with Crippen LogP contribution in [0.1, 0.15) is 34.1 Å². The maximum absolute atomic E-state index is 12.1. The Labute approximate surface area is 162 Å². The van der Waals surface area contributed by atoms with E-state index in [0.717, 1.165) is 0 Å². The Hall–Kier alpha value is -3.36. The van der Waals surface area contributed by atoms with E-state index < -0.39 is 24.0 Å². The first-order chi connectivity index (χ1) is 13.5. The van der Waals surface area contributed by atoms with Crippen LogP contribution in [-0.2, 0) is 0 Å². The molecule has 0 aliphatic heterocycles. The molecule has 4 N–H and O–H groups in total. The van der Waals surface area contributed by atoms with Crippen molar-refractivity contribution < 1.29 is 19.8 Å². The molecule has 2 aromatic carbocycles. The Kier molecular flexibility index (Phi) is 8.01. The highest BCUT2D eigenvalue weighted by molar-refractivity contribution is 6.31. The Balaban J connectivity index is 2.05. The summed E-state index contributed by atoms with van der Waals surface area (Å²) in [6.07, 6.45) is -0.971. The third kappa shape index (κ3) is 6.75. The molecule has 2 atom stereocenters. The summed E-state index contributed by atoms with van der Waals surface area (Å²) in [4.78, 5) is 24.1. The summed E-state index contributed by atoms with van der Waals surface area (Å²) in [5.41, 5.74) is 5.72. The first-order valence-corrected chi connectivity index (χ1v) is 8.64. The number of nitrogens with zero attached hydrogens (tertiary/aromatic N) is 2. The predicted molar refractivity (Wildman–Crippen MR) is 106 cm³/mol. The van der Waals surface area contributed by atoms with Crippen molar-refractivity contribution in [3.63, 3.8) is 0 Å². The number of benzene rings is 2. The summed E-state index contributed by atoms with van der Waals surface area (Å²) < 4.78 is 0. The molecule has 8 heteroatoms. The highest BCUT2D eigenvalue weighted by atomic mass is 16.3. The number of aliphatic hydroxyl groups is 2. The SMILES string of the molecule is C[C@H](O)[C@H](O)CC(/C=N\NC(=O)c1ccccc1)=N\NC(=O)c1ccccc1. The first kappa shape index (κ1) is 20.9. The van der Waals surface area contributed by atoms with Gasteiger partial charge in [0.05, 0.1) is 24.1 Å². The molecule has 0 bridgehead atoms. The van der Waals surface area contributed by atoms with E-state index >= 15 is 0 Å². The molecule has 2 aromatic rings. The lowest BCUT2D eigenvalue weighted by Gasteiger charge is -2.13. The van der Waals surface area contributed by atoms with Gasteiger partial charge >= 0.3 is 0 Å². The van der Waals surface area contributed by atoms with Gasteiger partial charge in [0.2, 0.25) is 0 Å². The smallest absolute Gasteiger partial charge is 0.271 e. The van der Waals surface area contributed by atoms with E-state index in [4.69, 9.17) is 0 Å². The van der Waals surface area contributed by atoms with Crippen LogP contribution in [0.2, 0.25) is 0 Å². The zero-order valence-electron chi connectivity index (χ0n) is 15.3. The minimum absolute atomic E-state index is 0.0720. The van der Waals surface area contributed by atoms with Crippen molar-refractivity contribution in [3.05, 3.63) is 71.8 Å². The van der Waals surface area contributed by atoms with Crippen LogP contribution in [0.4, 0.5) is 0 Å². The molecule has 0 fully saturated rings. The van der Waals surface area contributed by atoms with E-state index in [2.05, 4.69) is 21.1 Å². The molecular formula is C20H22N4O4. The average molecular weight is 382 g/mol. The molecule has 8 nitrogen and oxygen atoms in total. The van der Waals surface area contributed by atoms with Crippen LogP contribution >= 0.6 is 0 Å². The maximum atomic E-state index is 12.1. The third-order valence-corrected chi connectivity index (χ3v) is 3.73. The maximum Gasteiger partial charge on any atom is 0.271 e. The monoisotopic (exact) mass is 382 g/mol. The zero-order chi connectivity index (χ0) is 20.4. The van der Waals surface area contributed by atoms with Crippen LogP contribution in [0.5, 0.6) is 0 Å². The molecule has 146 valence electrons.